The molecule has 1 aromatic rings. The van der Waals surface area contributed by atoms with Crippen LogP contribution in [0.5, 0.6) is 0 Å². The molecule has 1 aromatic carbocycles. The smallest absolute Gasteiger partial charge is 0.322 e. The van der Waals surface area contributed by atoms with Crippen LogP contribution in [-0.4, -0.2) is 34.4 Å². The van der Waals surface area contributed by atoms with E-state index in [1.54, 1.807) is 12.1 Å². The van der Waals surface area contributed by atoms with Gasteiger partial charge >= 0.3 is 5.97 Å². The predicted octanol–water partition coefficient (Wildman–Crippen LogP) is 0.582. The van der Waals surface area contributed by atoms with Crippen molar-refractivity contribution in [1.29, 1.82) is 0 Å². The predicted molar refractivity (Wildman–Crippen MR) is 79.4 cm³/mol. The number of hydrogen-bond acceptors (Lipinski definition) is 5. The summed E-state index contributed by atoms with van der Waals surface area (Å²) >= 11 is 0. The highest BCUT2D eigenvalue weighted by atomic mass is 16.6. The maximum atomic E-state index is 11.6. The topological polar surface area (TPSA) is 139 Å². The van der Waals surface area contributed by atoms with Gasteiger partial charge in [0, 0.05) is 31.5 Å². The molecule has 0 spiro atoms. The third-order valence-corrected chi connectivity index (χ3v) is 2.88. The van der Waals surface area contributed by atoms with Gasteiger partial charge in [0.1, 0.15) is 6.54 Å². The molecule has 3 N–H and O–H groups in total. The number of amides is 2. The van der Waals surface area contributed by atoms with Gasteiger partial charge in [-0.3, -0.25) is 24.5 Å². The summed E-state index contributed by atoms with van der Waals surface area (Å²) in [5, 5.41) is 23.7. The van der Waals surface area contributed by atoms with Crippen LogP contribution in [0.1, 0.15) is 24.8 Å². The van der Waals surface area contributed by atoms with Crippen LogP contribution < -0.4 is 10.6 Å². The van der Waals surface area contributed by atoms with Gasteiger partial charge in [-0.15, -0.1) is 0 Å². The first-order valence-electron chi connectivity index (χ1n) is 6.87. The number of rotatable bonds is 9. The van der Waals surface area contributed by atoms with E-state index in [0.29, 0.717) is 6.42 Å². The number of non-ortho nitro benzene ring substituents is 1. The molecule has 0 fully saturated rings. The SMILES string of the molecule is O=C(O)CNC(=O)CCCC(=O)NCc1ccc([N+](=O)[O-])cc1. The number of carboxylic acid groups (broad SMARTS) is 1. The summed E-state index contributed by atoms with van der Waals surface area (Å²) in [4.78, 5) is 43.1. The average molecular weight is 323 g/mol. The normalized spacial score (nSPS) is 9.91. The average Bonchev–Trinajstić information content (AvgIpc) is 2.51. The second-order valence-corrected chi connectivity index (χ2v) is 4.72. The Balaban J connectivity index is 2.22. The number of aliphatic carboxylic acids is 1. The van der Waals surface area contributed by atoms with Crippen molar-refractivity contribution in [2.45, 2.75) is 25.8 Å². The number of carbonyl (C=O) groups excluding carboxylic acids is 2. The van der Waals surface area contributed by atoms with Crippen LogP contribution in [0.3, 0.4) is 0 Å². The van der Waals surface area contributed by atoms with Crippen molar-refractivity contribution >= 4 is 23.5 Å². The fraction of sp³-hybridized carbons (Fsp3) is 0.357. The summed E-state index contributed by atoms with van der Waals surface area (Å²) in [6.07, 6.45) is 0.503. The largest absolute Gasteiger partial charge is 0.480 e. The fourth-order valence-electron chi connectivity index (χ4n) is 1.70. The Labute approximate surface area is 131 Å². The third kappa shape index (κ3) is 7.55. The minimum atomic E-state index is -1.13. The number of hydrogen-bond donors (Lipinski definition) is 3. The fourth-order valence-corrected chi connectivity index (χ4v) is 1.70. The van der Waals surface area contributed by atoms with Crippen LogP contribution in [0.4, 0.5) is 5.69 Å². The van der Waals surface area contributed by atoms with E-state index in [1.807, 2.05) is 0 Å². The first kappa shape index (κ1) is 18.1. The van der Waals surface area contributed by atoms with Crippen LogP contribution in [0.2, 0.25) is 0 Å². The Hall–Kier alpha value is -2.97. The van der Waals surface area contributed by atoms with Crippen LogP contribution in [0, 0.1) is 10.1 Å². The maximum absolute atomic E-state index is 11.6. The molecule has 0 atom stereocenters. The van der Waals surface area contributed by atoms with E-state index in [-0.39, 0.29) is 31.0 Å². The van der Waals surface area contributed by atoms with Crippen molar-refractivity contribution in [3.05, 3.63) is 39.9 Å². The van der Waals surface area contributed by atoms with E-state index < -0.39 is 23.3 Å². The molecular weight excluding hydrogens is 306 g/mol. The first-order chi connectivity index (χ1) is 10.9. The number of nitrogens with one attached hydrogen (secondary N) is 2. The van der Waals surface area contributed by atoms with Crippen LogP contribution in [0.25, 0.3) is 0 Å². The zero-order chi connectivity index (χ0) is 17.2. The molecule has 0 bridgehead atoms. The first-order valence-corrected chi connectivity index (χ1v) is 6.87. The Morgan fingerprint density at radius 3 is 2.13 bits per heavy atom. The van der Waals surface area contributed by atoms with Gasteiger partial charge in [-0.05, 0) is 12.0 Å². The highest BCUT2D eigenvalue weighted by molar-refractivity contribution is 5.82. The van der Waals surface area contributed by atoms with E-state index in [1.165, 1.54) is 12.1 Å². The Bertz CT molecular complexity index is 585. The van der Waals surface area contributed by atoms with Gasteiger partial charge < -0.3 is 15.7 Å². The summed E-state index contributed by atoms with van der Waals surface area (Å²) in [6, 6.07) is 5.82. The second kappa shape index (κ2) is 9.13. The lowest BCUT2D eigenvalue weighted by Crippen LogP contribution is -2.29. The van der Waals surface area contributed by atoms with E-state index in [9.17, 15) is 24.5 Å². The van der Waals surface area contributed by atoms with E-state index >= 15 is 0 Å². The van der Waals surface area contributed by atoms with Gasteiger partial charge in [0.05, 0.1) is 4.92 Å². The van der Waals surface area contributed by atoms with E-state index in [4.69, 9.17) is 5.11 Å². The third-order valence-electron chi connectivity index (χ3n) is 2.88. The standard InChI is InChI=1S/C14H17N3O6/c18-12(2-1-3-13(19)16-9-14(20)21)15-8-10-4-6-11(7-5-10)17(22)23/h4-7H,1-3,8-9H2,(H,15,18)(H,16,19)(H,20,21). The van der Waals surface area contributed by atoms with Gasteiger partial charge in [0.2, 0.25) is 11.8 Å². The molecule has 0 saturated heterocycles. The number of nitrogens with zero attached hydrogens (tertiary/aromatic N) is 1. The second-order valence-electron chi connectivity index (χ2n) is 4.72. The lowest BCUT2D eigenvalue weighted by Gasteiger charge is -2.05. The maximum Gasteiger partial charge on any atom is 0.322 e. The molecule has 0 saturated carbocycles. The number of carboxylic acids is 1. The quantitative estimate of drug-likeness (QED) is 0.449. The van der Waals surface area contributed by atoms with Crippen LogP contribution in [0.15, 0.2) is 24.3 Å². The number of benzene rings is 1. The highest BCUT2D eigenvalue weighted by Crippen LogP contribution is 2.11. The van der Waals surface area contributed by atoms with Crippen molar-refractivity contribution in [2.24, 2.45) is 0 Å². The summed E-state index contributed by atoms with van der Waals surface area (Å²) < 4.78 is 0. The van der Waals surface area contributed by atoms with E-state index in [0.717, 1.165) is 5.56 Å². The lowest BCUT2D eigenvalue weighted by molar-refractivity contribution is -0.384. The minimum absolute atomic E-state index is 0.0209. The summed E-state index contributed by atoms with van der Waals surface area (Å²) in [7, 11) is 0. The van der Waals surface area contributed by atoms with Crippen molar-refractivity contribution in [2.75, 3.05) is 6.54 Å². The molecule has 0 aliphatic rings. The highest BCUT2D eigenvalue weighted by Gasteiger charge is 2.07. The van der Waals surface area contributed by atoms with Crippen molar-refractivity contribution in [1.82, 2.24) is 10.6 Å². The Morgan fingerprint density at radius 2 is 1.61 bits per heavy atom. The number of carbonyl (C=O) groups is 3. The molecule has 1 rings (SSSR count). The molecule has 0 heterocycles. The monoisotopic (exact) mass is 323 g/mol. The molecule has 0 unspecified atom stereocenters. The number of nitro benzene ring substituents is 1. The van der Waals surface area contributed by atoms with Crippen LogP contribution >= 0.6 is 0 Å². The Morgan fingerprint density at radius 1 is 1.04 bits per heavy atom. The molecule has 2 amide bonds. The van der Waals surface area contributed by atoms with Crippen LogP contribution in [-0.2, 0) is 20.9 Å². The molecule has 124 valence electrons. The van der Waals surface area contributed by atoms with Crippen molar-refractivity contribution < 1.29 is 24.4 Å². The summed E-state index contributed by atoms with van der Waals surface area (Å²) in [5.74, 6) is -1.80. The van der Waals surface area contributed by atoms with Gasteiger partial charge in [-0.2, -0.15) is 0 Å². The molecule has 0 aliphatic carbocycles. The van der Waals surface area contributed by atoms with Gasteiger partial charge in [-0.25, -0.2) is 0 Å². The molecule has 0 aliphatic heterocycles. The van der Waals surface area contributed by atoms with Crippen molar-refractivity contribution in [3.8, 4) is 0 Å². The van der Waals surface area contributed by atoms with E-state index in [2.05, 4.69) is 10.6 Å². The molecule has 0 radical (unpaired) electrons. The summed E-state index contributed by atoms with van der Waals surface area (Å²) in [6.45, 7) is -0.201. The molecular formula is C14H17N3O6. The van der Waals surface area contributed by atoms with Crippen molar-refractivity contribution in [3.63, 3.8) is 0 Å². The zero-order valence-electron chi connectivity index (χ0n) is 12.3. The molecule has 0 aromatic heterocycles. The lowest BCUT2D eigenvalue weighted by atomic mass is 10.2. The van der Waals surface area contributed by atoms with Gasteiger partial charge in [0.15, 0.2) is 0 Å². The van der Waals surface area contributed by atoms with Gasteiger partial charge in [0.25, 0.3) is 5.69 Å². The number of nitro groups is 1. The molecule has 23 heavy (non-hydrogen) atoms. The summed E-state index contributed by atoms with van der Waals surface area (Å²) in [5.41, 5.74) is 0.704. The van der Waals surface area contributed by atoms with Gasteiger partial charge in [-0.1, -0.05) is 12.1 Å². The molecule has 9 heteroatoms. The molecule has 9 nitrogen and oxygen atoms in total. The zero-order valence-corrected chi connectivity index (χ0v) is 12.3. The Kier molecular flexibility index (Phi) is 7.18. The minimum Gasteiger partial charge on any atom is -0.480 e.